The molecule has 5 N–H and O–H groups in total. The molecule has 1 rings (SSSR count). The van der Waals surface area contributed by atoms with Crippen LogP contribution in [0.25, 0.3) is 0 Å². The average Bonchev–Trinajstić information content (AvgIpc) is 2.28. The minimum absolute atomic E-state index is 0.0580. The standard InChI is InChI=1S/C13H24N4O2S/c1-9-11(16-8-13(2,3)17(4)5)6-10(14)7-12(9)20(15,18)19/h6-7,16H,8,14H2,1-5H3,(H2,15,18,19). The van der Waals surface area contributed by atoms with E-state index >= 15 is 0 Å². The highest BCUT2D eigenvalue weighted by Crippen LogP contribution is 2.26. The topological polar surface area (TPSA) is 101 Å². The molecule has 6 nitrogen and oxygen atoms in total. The number of hydrogen-bond donors (Lipinski definition) is 3. The molecule has 0 bridgehead atoms. The maximum atomic E-state index is 11.6. The van der Waals surface area contributed by atoms with E-state index in [-0.39, 0.29) is 10.4 Å². The molecular weight excluding hydrogens is 276 g/mol. The Labute approximate surface area is 121 Å². The van der Waals surface area contributed by atoms with E-state index in [0.717, 1.165) is 0 Å². The van der Waals surface area contributed by atoms with Gasteiger partial charge in [-0.25, -0.2) is 13.6 Å². The lowest BCUT2D eigenvalue weighted by Gasteiger charge is -2.33. The first-order chi connectivity index (χ1) is 8.95. The maximum absolute atomic E-state index is 11.6. The molecule has 20 heavy (non-hydrogen) atoms. The molecule has 1 aromatic rings. The number of benzene rings is 1. The van der Waals surface area contributed by atoms with Crippen LogP contribution in [0, 0.1) is 6.92 Å². The molecule has 0 heterocycles. The van der Waals surface area contributed by atoms with E-state index in [1.54, 1.807) is 13.0 Å². The van der Waals surface area contributed by atoms with Gasteiger partial charge in [0.05, 0.1) is 4.90 Å². The fraction of sp³-hybridized carbons (Fsp3) is 0.538. The Morgan fingerprint density at radius 1 is 1.30 bits per heavy atom. The zero-order chi connectivity index (χ0) is 15.7. The Hall–Kier alpha value is -1.31. The van der Waals surface area contributed by atoms with E-state index in [0.29, 0.717) is 23.5 Å². The summed E-state index contributed by atoms with van der Waals surface area (Å²) in [5, 5.41) is 8.45. The second kappa shape index (κ2) is 5.59. The van der Waals surface area contributed by atoms with Crippen molar-refractivity contribution in [2.24, 2.45) is 5.14 Å². The largest absolute Gasteiger partial charge is 0.399 e. The van der Waals surface area contributed by atoms with Gasteiger partial charge >= 0.3 is 0 Å². The number of likely N-dealkylation sites (N-methyl/N-ethyl adjacent to an activating group) is 1. The van der Waals surface area contributed by atoms with Gasteiger partial charge in [0.2, 0.25) is 10.0 Å². The predicted octanol–water partition coefficient (Wildman–Crippen LogP) is 0.977. The summed E-state index contributed by atoms with van der Waals surface area (Å²) in [5.41, 5.74) is 7.30. The molecule has 7 heteroatoms. The van der Waals surface area contributed by atoms with Gasteiger partial charge in [-0.3, -0.25) is 0 Å². The monoisotopic (exact) mass is 300 g/mol. The number of rotatable bonds is 5. The molecule has 0 spiro atoms. The van der Waals surface area contributed by atoms with Gasteiger partial charge in [0, 0.05) is 23.5 Å². The van der Waals surface area contributed by atoms with Crippen molar-refractivity contribution in [2.45, 2.75) is 31.2 Å². The van der Waals surface area contributed by atoms with Gasteiger partial charge in [0.1, 0.15) is 0 Å². The van der Waals surface area contributed by atoms with E-state index in [1.807, 2.05) is 14.1 Å². The highest BCUT2D eigenvalue weighted by atomic mass is 32.2. The normalized spacial score (nSPS) is 12.8. The summed E-state index contributed by atoms with van der Waals surface area (Å²) >= 11 is 0. The molecule has 0 amide bonds. The van der Waals surface area contributed by atoms with Crippen LogP contribution >= 0.6 is 0 Å². The van der Waals surface area contributed by atoms with E-state index < -0.39 is 10.0 Å². The number of hydrogen-bond acceptors (Lipinski definition) is 5. The van der Waals surface area contributed by atoms with Crippen molar-refractivity contribution in [1.82, 2.24) is 4.90 Å². The molecule has 0 fully saturated rings. The first kappa shape index (κ1) is 16.7. The van der Waals surface area contributed by atoms with Crippen molar-refractivity contribution in [2.75, 3.05) is 31.7 Å². The van der Waals surface area contributed by atoms with Gasteiger partial charge in [0.15, 0.2) is 0 Å². The fourth-order valence-corrected chi connectivity index (χ4v) is 2.49. The van der Waals surface area contributed by atoms with Crippen LogP contribution in [0.1, 0.15) is 19.4 Å². The van der Waals surface area contributed by atoms with Crippen LogP contribution in [-0.4, -0.2) is 39.5 Å². The maximum Gasteiger partial charge on any atom is 0.238 e. The van der Waals surface area contributed by atoms with E-state index in [9.17, 15) is 8.42 Å². The first-order valence-electron chi connectivity index (χ1n) is 6.29. The Bertz CT molecular complexity index is 595. The summed E-state index contributed by atoms with van der Waals surface area (Å²) < 4.78 is 23.1. The number of nitrogen functional groups attached to an aromatic ring is 1. The van der Waals surface area contributed by atoms with E-state index in [1.165, 1.54) is 6.07 Å². The molecule has 0 aliphatic rings. The number of anilines is 2. The lowest BCUT2D eigenvalue weighted by molar-refractivity contribution is 0.210. The van der Waals surface area contributed by atoms with Gasteiger partial charge in [-0.15, -0.1) is 0 Å². The van der Waals surface area contributed by atoms with Crippen LogP contribution in [0.2, 0.25) is 0 Å². The summed E-state index contributed by atoms with van der Waals surface area (Å²) in [4.78, 5) is 2.14. The molecule has 0 unspecified atom stereocenters. The third kappa shape index (κ3) is 3.84. The lowest BCUT2D eigenvalue weighted by atomic mass is 10.0. The van der Waals surface area contributed by atoms with Gasteiger partial charge in [-0.05, 0) is 52.6 Å². The van der Waals surface area contributed by atoms with E-state index in [2.05, 4.69) is 24.1 Å². The predicted molar refractivity (Wildman–Crippen MR) is 83.2 cm³/mol. The number of nitrogens with one attached hydrogen (secondary N) is 1. The van der Waals surface area contributed by atoms with Crippen molar-refractivity contribution in [3.05, 3.63) is 17.7 Å². The second-order valence-electron chi connectivity index (χ2n) is 5.80. The number of nitrogens with zero attached hydrogens (tertiary/aromatic N) is 1. The Balaban J connectivity index is 3.12. The molecule has 0 saturated carbocycles. The Morgan fingerprint density at radius 2 is 1.85 bits per heavy atom. The van der Waals surface area contributed by atoms with Gasteiger partial charge in [-0.2, -0.15) is 0 Å². The zero-order valence-electron chi connectivity index (χ0n) is 12.7. The van der Waals surface area contributed by atoms with Crippen LogP contribution in [-0.2, 0) is 10.0 Å². The third-order valence-electron chi connectivity index (χ3n) is 3.61. The summed E-state index contributed by atoms with van der Waals surface area (Å²) in [7, 11) is 0.200. The zero-order valence-corrected chi connectivity index (χ0v) is 13.5. The molecular formula is C13H24N4O2S. The molecule has 0 aliphatic heterocycles. The number of sulfonamides is 1. The SMILES string of the molecule is Cc1c(NCC(C)(C)N(C)C)cc(N)cc1S(N)(=O)=O. The average molecular weight is 300 g/mol. The van der Waals surface area contributed by atoms with Gasteiger partial charge in [0.25, 0.3) is 0 Å². The first-order valence-corrected chi connectivity index (χ1v) is 7.84. The minimum Gasteiger partial charge on any atom is -0.399 e. The third-order valence-corrected chi connectivity index (χ3v) is 4.65. The minimum atomic E-state index is -3.78. The van der Waals surface area contributed by atoms with Crippen LogP contribution in [0.5, 0.6) is 0 Å². The summed E-state index contributed by atoms with van der Waals surface area (Å²) in [6.45, 7) is 6.53. The molecule has 1 aromatic carbocycles. The Morgan fingerprint density at radius 3 is 2.30 bits per heavy atom. The van der Waals surface area contributed by atoms with Crippen molar-refractivity contribution in [3.8, 4) is 0 Å². The van der Waals surface area contributed by atoms with Crippen LogP contribution in [0.4, 0.5) is 11.4 Å². The van der Waals surface area contributed by atoms with Crippen molar-refractivity contribution < 1.29 is 8.42 Å². The quantitative estimate of drug-likeness (QED) is 0.704. The fourth-order valence-electron chi connectivity index (χ4n) is 1.66. The van der Waals surface area contributed by atoms with Crippen molar-refractivity contribution in [3.63, 3.8) is 0 Å². The summed E-state index contributed by atoms with van der Waals surface area (Å²) in [5.74, 6) is 0. The molecule has 114 valence electrons. The van der Waals surface area contributed by atoms with Gasteiger partial charge < -0.3 is 16.0 Å². The molecule has 0 aromatic heterocycles. The van der Waals surface area contributed by atoms with Crippen molar-refractivity contribution in [1.29, 1.82) is 0 Å². The molecule has 0 saturated heterocycles. The summed E-state index contributed by atoms with van der Waals surface area (Å²) in [6.07, 6.45) is 0. The highest BCUT2D eigenvalue weighted by Gasteiger charge is 2.21. The second-order valence-corrected chi connectivity index (χ2v) is 7.33. The summed E-state index contributed by atoms with van der Waals surface area (Å²) in [6, 6.07) is 3.10. The molecule has 0 atom stereocenters. The van der Waals surface area contributed by atoms with Gasteiger partial charge in [-0.1, -0.05) is 0 Å². The molecule has 0 radical (unpaired) electrons. The van der Waals surface area contributed by atoms with Crippen LogP contribution in [0.3, 0.4) is 0 Å². The number of nitrogens with two attached hydrogens (primary N) is 2. The molecule has 0 aliphatic carbocycles. The lowest BCUT2D eigenvalue weighted by Crippen LogP contribution is -2.44. The Kier molecular flexibility index (Phi) is 4.68. The van der Waals surface area contributed by atoms with E-state index in [4.69, 9.17) is 10.9 Å². The smallest absolute Gasteiger partial charge is 0.238 e. The van der Waals surface area contributed by atoms with Crippen molar-refractivity contribution >= 4 is 21.4 Å². The van der Waals surface area contributed by atoms with Crippen LogP contribution < -0.4 is 16.2 Å². The highest BCUT2D eigenvalue weighted by molar-refractivity contribution is 7.89. The number of primary sulfonamides is 1. The van der Waals surface area contributed by atoms with Crippen LogP contribution in [0.15, 0.2) is 17.0 Å².